The highest BCUT2D eigenvalue weighted by Crippen LogP contribution is 2.23. The van der Waals surface area contributed by atoms with Gasteiger partial charge in [0.15, 0.2) is 0 Å². The van der Waals surface area contributed by atoms with Crippen LogP contribution in [-0.4, -0.2) is 36.5 Å². The van der Waals surface area contributed by atoms with E-state index in [1.54, 1.807) is 6.07 Å². The van der Waals surface area contributed by atoms with Crippen molar-refractivity contribution in [1.82, 2.24) is 10.2 Å². The van der Waals surface area contributed by atoms with Crippen LogP contribution in [0.15, 0.2) is 18.2 Å². The van der Waals surface area contributed by atoms with E-state index in [4.69, 9.17) is 5.73 Å². The van der Waals surface area contributed by atoms with Crippen LogP contribution in [0.1, 0.15) is 35.7 Å². The summed E-state index contributed by atoms with van der Waals surface area (Å²) in [4.78, 5) is 13.4. The predicted octanol–water partition coefficient (Wildman–Crippen LogP) is 1.50. The second-order valence-corrected chi connectivity index (χ2v) is 5.76. The van der Waals surface area contributed by atoms with Gasteiger partial charge < -0.3 is 11.1 Å². The van der Waals surface area contributed by atoms with Gasteiger partial charge in [-0.25, -0.2) is 4.39 Å². The Bertz CT molecular complexity index is 496. The minimum atomic E-state index is -0.521. The maximum absolute atomic E-state index is 13.8. The number of hydrogen-bond donors (Lipinski definition) is 2. The first kappa shape index (κ1) is 14.9. The summed E-state index contributed by atoms with van der Waals surface area (Å²) < 4.78 is 13.8. The predicted molar refractivity (Wildman–Crippen MR) is 76.9 cm³/mol. The molecule has 4 nitrogen and oxygen atoms in total. The molecular weight excluding hydrogens is 257 g/mol. The molecule has 1 aromatic carbocycles. The van der Waals surface area contributed by atoms with Crippen molar-refractivity contribution < 1.29 is 9.18 Å². The van der Waals surface area contributed by atoms with Crippen molar-refractivity contribution in [3.8, 4) is 0 Å². The fourth-order valence-corrected chi connectivity index (χ4v) is 2.54. The normalized spacial score (nSPS) is 18.9. The van der Waals surface area contributed by atoms with Gasteiger partial charge in [-0.2, -0.15) is 0 Å². The molecule has 1 heterocycles. The molecule has 0 aliphatic carbocycles. The number of hydrogen-bond acceptors (Lipinski definition) is 3. The Morgan fingerprint density at radius 1 is 1.45 bits per heavy atom. The molecule has 0 aromatic heterocycles. The zero-order valence-corrected chi connectivity index (χ0v) is 12.1. The molecule has 1 aliphatic rings. The van der Waals surface area contributed by atoms with Gasteiger partial charge >= 0.3 is 0 Å². The molecule has 1 saturated heterocycles. The Hall–Kier alpha value is -1.46. The first-order valence-electron chi connectivity index (χ1n) is 6.93. The zero-order chi connectivity index (χ0) is 14.8. The van der Waals surface area contributed by atoms with Crippen LogP contribution in [-0.2, 0) is 6.54 Å². The highest BCUT2D eigenvalue weighted by molar-refractivity contribution is 5.92. The zero-order valence-electron chi connectivity index (χ0n) is 12.1. The van der Waals surface area contributed by atoms with Crippen molar-refractivity contribution in [3.05, 3.63) is 35.1 Å². The molecule has 0 radical (unpaired) electrons. The molecule has 1 aliphatic heterocycles. The molecule has 1 fully saturated rings. The topological polar surface area (TPSA) is 58.4 Å². The van der Waals surface area contributed by atoms with Gasteiger partial charge in [-0.3, -0.25) is 9.69 Å². The lowest BCUT2D eigenvalue weighted by atomic mass is 9.89. The van der Waals surface area contributed by atoms with Crippen LogP contribution >= 0.6 is 0 Å². The van der Waals surface area contributed by atoms with Crippen molar-refractivity contribution in [3.63, 3.8) is 0 Å². The first-order valence-corrected chi connectivity index (χ1v) is 6.93. The summed E-state index contributed by atoms with van der Waals surface area (Å²) in [5.41, 5.74) is 6.30. The number of carbonyl (C=O) groups is 1. The third kappa shape index (κ3) is 3.35. The fraction of sp³-hybridized carbons (Fsp3) is 0.533. The number of primary amides is 1. The lowest BCUT2D eigenvalue weighted by Gasteiger charge is -2.39. The van der Waals surface area contributed by atoms with Crippen molar-refractivity contribution in [2.45, 2.75) is 31.8 Å². The maximum Gasteiger partial charge on any atom is 0.248 e. The van der Waals surface area contributed by atoms with E-state index in [0.29, 0.717) is 17.7 Å². The number of halogens is 1. The van der Waals surface area contributed by atoms with Crippen LogP contribution in [0.2, 0.25) is 0 Å². The van der Waals surface area contributed by atoms with E-state index >= 15 is 0 Å². The number of carbonyl (C=O) groups excluding carboxylic acids is 1. The van der Waals surface area contributed by atoms with E-state index in [2.05, 4.69) is 17.1 Å². The molecule has 0 bridgehead atoms. The molecule has 0 atom stereocenters. The summed E-state index contributed by atoms with van der Waals surface area (Å²) in [6.45, 7) is 4.56. The molecule has 0 unspecified atom stereocenters. The Kier molecular flexibility index (Phi) is 4.40. The van der Waals surface area contributed by atoms with E-state index in [1.165, 1.54) is 12.1 Å². The number of nitrogens with two attached hydrogens (primary N) is 1. The van der Waals surface area contributed by atoms with Crippen LogP contribution in [0.3, 0.4) is 0 Å². The quantitative estimate of drug-likeness (QED) is 0.878. The summed E-state index contributed by atoms with van der Waals surface area (Å²) in [6, 6.07) is 4.30. The SMILES string of the molecule is CNC1(C)CCN(Cc2cc(C(N)=O)ccc2F)CC1. The van der Waals surface area contributed by atoms with Crippen molar-refractivity contribution in [2.24, 2.45) is 5.73 Å². The smallest absolute Gasteiger partial charge is 0.248 e. The second-order valence-electron chi connectivity index (χ2n) is 5.76. The number of piperidine rings is 1. The molecule has 5 heteroatoms. The fourth-order valence-electron chi connectivity index (χ4n) is 2.54. The standard InChI is InChI=1S/C15H22FN3O/c1-15(18-2)5-7-19(8-6-15)10-12-9-11(14(17)20)3-4-13(12)16/h3-4,9,18H,5-8,10H2,1-2H3,(H2,17,20). The van der Waals surface area contributed by atoms with Gasteiger partial charge in [0.2, 0.25) is 5.91 Å². The van der Waals surface area contributed by atoms with E-state index in [-0.39, 0.29) is 11.4 Å². The summed E-state index contributed by atoms with van der Waals surface area (Å²) in [6.07, 6.45) is 2.06. The number of nitrogens with zero attached hydrogens (tertiary/aromatic N) is 1. The van der Waals surface area contributed by atoms with E-state index < -0.39 is 5.91 Å². The van der Waals surface area contributed by atoms with Crippen molar-refractivity contribution in [1.29, 1.82) is 0 Å². The Morgan fingerprint density at radius 3 is 2.65 bits per heavy atom. The Balaban J connectivity index is 2.04. The van der Waals surface area contributed by atoms with Crippen LogP contribution in [0.4, 0.5) is 4.39 Å². The van der Waals surface area contributed by atoms with Crippen molar-refractivity contribution >= 4 is 5.91 Å². The number of benzene rings is 1. The third-order valence-corrected chi connectivity index (χ3v) is 4.29. The average Bonchev–Trinajstić information content (AvgIpc) is 2.43. The Morgan fingerprint density at radius 2 is 2.10 bits per heavy atom. The van der Waals surface area contributed by atoms with Crippen LogP contribution in [0.5, 0.6) is 0 Å². The van der Waals surface area contributed by atoms with Gasteiger partial charge in [-0.05, 0) is 45.0 Å². The van der Waals surface area contributed by atoms with Crippen LogP contribution in [0.25, 0.3) is 0 Å². The summed E-state index contributed by atoms with van der Waals surface area (Å²) >= 11 is 0. The number of rotatable bonds is 4. The lowest BCUT2D eigenvalue weighted by Crippen LogP contribution is -2.49. The average molecular weight is 279 g/mol. The summed E-state index contributed by atoms with van der Waals surface area (Å²) in [5, 5.41) is 3.34. The van der Waals surface area contributed by atoms with Gasteiger partial charge in [0.25, 0.3) is 0 Å². The molecule has 1 aromatic rings. The lowest BCUT2D eigenvalue weighted by molar-refractivity contribution is 0.1000. The van der Waals surface area contributed by atoms with Crippen LogP contribution < -0.4 is 11.1 Å². The minimum Gasteiger partial charge on any atom is -0.366 e. The van der Waals surface area contributed by atoms with E-state index in [0.717, 1.165) is 25.9 Å². The second kappa shape index (κ2) is 5.89. The van der Waals surface area contributed by atoms with E-state index in [1.807, 2.05) is 7.05 Å². The number of nitrogens with one attached hydrogen (secondary N) is 1. The molecule has 2 rings (SSSR count). The van der Waals surface area contributed by atoms with Crippen molar-refractivity contribution in [2.75, 3.05) is 20.1 Å². The third-order valence-electron chi connectivity index (χ3n) is 4.29. The number of amides is 1. The highest BCUT2D eigenvalue weighted by Gasteiger charge is 2.28. The molecule has 0 saturated carbocycles. The van der Waals surface area contributed by atoms with Gasteiger partial charge in [-0.15, -0.1) is 0 Å². The van der Waals surface area contributed by atoms with E-state index in [9.17, 15) is 9.18 Å². The largest absolute Gasteiger partial charge is 0.366 e. The maximum atomic E-state index is 13.8. The van der Waals surface area contributed by atoms with Gasteiger partial charge in [0, 0.05) is 36.3 Å². The molecular formula is C15H22FN3O. The minimum absolute atomic E-state index is 0.171. The van der Waals surface area contributed by atoms with Gasteiger partial charge in [0.05, 0.1) is 0 Å². The molecule has 3 N–H and O–H groups in total. The molecule has 110 valence electrons. The summed E-state index contributed by atoms with van der Waals surface area (Å²) in [5.74, 6) is -0.801. The summed E-state index contributed by atoms with van der Waals surface area (Å²) in [7, 11) is 1.98. The van der Waals surface area contributed by atoms with Gasteiger partial charge in [-0.1, -0.05) is 0 Å². The molecule has 0 spiro atoms. The monoisotopic (exact) mass is 279 g/mol. The molecule has 1 amide bonds. The molecule has 20 heavy (non-hydrogen) atoms. The van der Waals surface area contributed by atoms with Gasteiger partial charge in [0.1, 0.15) is 5.82 Å². The van der Waals surface area contributed by atoms with Crippen LogP contribution in [0, 0.1) is 5.82 Å². The Labute approximate surface area is 119 Å². The number of likely N-dealkylation sites (tertiary alicyclic amines) is 1. The highest BCUT2D eigenvalue weighted by atomic mass is 19.1. The first-order chi connectivity index (χ1) is 9.43.